The van der Waals surface area contributed by atoms with E-state index in [0.29, 0.717) is 5.92 Å². The van der Waals surface area contributed by atoms with Crippen LogP contribution >= 0.6 is 11.3 Å². The average Bonchev–Trinajstić information content (AvgIpc) is 2.72. The van der Waals surface area contributed by atoms with Gasteiger partial charge in [0.1, 0.15) is 0 Å². The van der Waals surface area contributed by atoms with Crippen molar-refractivity contribution in [1.82, 2.24) is 4.98 Å². The summed E-state index contributed by atoms with van der Waals surface area (Å²) in [6, 6.07) is 4.49. The summed E-state index contributed by atoms with van der Waals surface area (Å²) >= 11 is 1.76. The Hall–Kier alpha value is -0.890. The van der Waals surface area contributed by atoms with Gasteiger partial charge >= 0.3 is 0 Å². The zero-order valence-electron chi connectivity index (χ0n) is 9.58. The van der Waals surface area contributed by atoms with Crippen molar-refractivity contribution >= 4 is 21.6 Å². The van der Waals surface area contributed by atoms with Gasteiger partial charge < -0.3 is 0 Å². The van der Waals surface area contributed by atoms with Gasteiger partial charge in [-0.05, 0) is 36.8 Å². The molecule has 0 unspecified atom stereocenters. The molecule has 0 saturated heterocycles. The van der Waals surface area contributed by atoms with E-state index in [9.17, 15) is 0 Å². The minimum absolute atomic E-state index is 0.662. The maximum absolute atomic E-state index is 4.51. The largest absolute Gasteiger partial charge is 0.244 e. The normalized spacial score (nSPS) is 11.5. The van der Waals surface area contributed by atoms with E-state index in [1.54, 1.807) is 11.3 Å². The lowest BCUT2D eigenvalue weighted by Crippen LogP contribution is -1.96. The molecule has 2 aromatic rings. The molecule has 0 fully saturated rings. The van der Waals surface area contributed by atoms with Crippen molar-refractivity contribution in [3.63, 3.8) is 0 Å². The summed E-state index contributed by atoms with van der Waals surface area (Å²) in [7, 11) is 0. The predicted octanol–water partition coefficient (Wildman–Crippen LogP) is 4.51. The number of aromatic nitrogens is 1. The Kier molecular flexibility index (Phi) is 3.06. The van der Waals surface area contributed by atoms with Gasteiger partial charge in [0, 0.05) is 0 Å². The predicted molar refractivity (Wildman–Crippen MR) is 67.7 cm³/mol. The molecule has 0 aliphatic heterocycles. The van der Waals surface area contributed by atoms with E-state index in [2.05, 4.69) is 37.9 Å². The molecule has 0 atom stereocenters. The summed E-state index contributed by atoms with van der Waals surface area (Å²) in [6.45, 7) is 6.68. The highest BCUT2D eigenvalue weighted by Crippen LogP contribution is 2.32. The molecule has 0 spiro atoms. The molecule has 15 heavy (non-hydrogen) atoms. The van der Waals surface area contributed by atoms with Crippen molar-refractivity contribution < 1.29 is 0 Å². The summed E-state index contributed by atoms with van der Waals surface area (Å²) in [5.41, 5.74) is 5.97. The van der Waals surface area contributed by atoms with E-state index in [1.165, 1.54) is 34.2 Å². The quantitative estimate of drug-likeness (QED) is 0.740. The van der Waals surface area contributed by atoms with Crippen LogP contribution in [0.5, 0.6) is 0 Å². The Morgan fingerprint density at radius 3 is 2.67 bits per heavy atom. The lowest BCUT2D eigenvalue weighted by molar-refractivity contribution is 0.645. The summed E-state index contributed by atoms with van der Waals surface area (Å²) in [5.74, 6) is 0.662. The SMILES string of the molecule is CCC(CC)c1ccc(C)c2scnc12. The highest BCUT2D eigenvalue weighted by atomic mass is 32.1. The summed E-state index contributed by atoms with van der Waals surface area (Å²) in [4.78, 5) is 4.51. The van der Waals surface area contributed by atoms with Crippen LogP contribution < -0.4 is 0 Å². The van der Waals surface area contributed by atoms with Crippen LogP contribution in [0.1, 0.15) is 43.7 Å². The topological polar surface area (TPSA) is 12.9 Å². The second-order valence-corrected chi connectivity index (χ2v) is 4.87. The van der Waals surface area contributed by atoms with Gasteiger partial charge in [0.05, 0.1) is 15.7 Å². The van der Waals surface area contributed by atoms with E-state index >= 15 is 0 Å². The highest BCUT2D eigenvalue weighted by Gasteiger charge is 2.13. The second-order valence-electron chi connectivity index (χ2n) is 4.02. The summed E-state index contributed by atoms with van der Waals surface area (Å²) < 4.78 is 1.36. The van der Waals surface area contributed by atoms with E-state index in [0.717, 1.165) is 0 Å². The van der Waals surface area contributed by atoms with Crippen LogP contribution in [0, 0.1) is 6.92 Å². The molecule has 1 aromatic heterocycles. The number of benzene rings is 1. The number of rotatable bonds is 3. The Morgan fingerprint density at radius 1 is 1.27 bits per heavy atom. The third-order valence-electron chi connectivity index (χ3n) is 3.14. The third-order valence-corrected chi connectivity index (χ3v) is 4.10. The minimum Gasteiger partial charge on any atom is -0.244 e. The van der Waals surface area contributed by atoms with Crippen LogP contribution in [0.3, 0.4) is 0 Å². The molecular weight excluding hydrogens is 202 g/mol. The monoisotopic (exact) mass is 219 g/mol. The Labute approximate surface area is 95.2 Å². The molecule has 80 valence electrons. The average molecular weight is 219 g/mol. The van der Waals surface area contributed by atoms with E-state index in [4.69, 9.17) is 0 Å². The number of thiazole rings is 1. The van der Waals surface area contributed by atoms with Crippen LogP contribution in [0.25, 0.3) is 10.2 Å². The van der Waals surface area contributed by atoms with Crippen molar-refractivity contribution in [1.29, 1.82) is 0 Å². The van der Waals surface area contributed by atoms with Crippen LogP contribution in [0.15, 0.2) is 17.6 Å². The Balaban J connectivity index is 2.61. The highest BCUT2D eigenvalue weighted by molar-refractivity contribution is 7.17. The van der Waals surface area contributed by atoms with Crippen LogP contribution in [-0.4, -0.2) is 4.98 Å². The van der Waals surface area contributed by atoms with E-state index in [-0.39, 0.29) is 0 Å². The zero-order chi connectivity index (χ0) is 10.8. The van der Waals surface area contributed by atoms with Crippen molar-refractivity contribution in [2.24, 2.45) is 0 Å². The second kappa shape index (κ2) is 4.31. The van der Waals surface area contributed by atoms with Crippen molar-refractivity contribution in [2.75, 3.05) is 0 Å². The molecule has 1 nitrogen and oxygen atoms in total. The first-order valence-corrected chi connectivity index (χ1v) is 6.48. The minimum atomic E-state index is 0.662. The first-order valence-electron chi connectivity index (χ1n) is 5.60. The maximum atomic E-state index is 4.51. The van der Waals surface area contributed by atoms with E-state index < -0.39 is 0 Å². The van der Waals surface area contributed by atoms with Gasteiger partial charge in [-0.15, -0.1) is 11.3 Å². The van der Waals surface area contributed by atoms with Gasteiger partial charge in [0.2, 0.25) is 0 Å². The molecular formula is C13H17NS. The molecule has 0 aliphatic carbocycles. The third kappa shape index (κ3) is 1.78. The van der Waals surface area contributed by atoms with Crippen LogP contribution in [-0.2, 0) is 0 Å². The van der Waals surface area contributed by atoms with Gasteiger partial charge in [-0.1, -0.05) is 26.0 Å². The lowest BCUT2D eigenvalue weighted by atomic mass is 9.92. The first kappa shape index (κ1) is 10.6. The van der Waals surface area contributed by atoms with Gasteiger partial charge in [-0.25, -0.2) is 4.98 Å². The molecule has 0 N–H and O–H groups in total. The zero-order valence-corrected chi connectivity index (χ0v) is 10.4. The fourth-order valence-corrected chi connectivity index (χ4v) is 2.96. The molecule has 0 amide bonds. The maximum Gasteiger partial charge on any atom is 0.0849 e. The summed E-state index contributed by atoms with van der Waals surface area (Å²) in [5, 5.41) is 0. The summed E-state index contributed by atoms with van der Waals surface area (Å²) in [6.07, 6.45) is 2.40. The molecule has 1 aromatic carbocycles. The smallest absolute Gasteiger partial charge is 0.0849 e. The molecule has 0 saturated carbocycles. The molecule has 0 bridgehead atoms. The number of hydrogen-bond donors (Lipinski definition) is 0. The number of hydrogen-bond acceptors (Lipinski definition) is 2. The molecule has 0 aliphatic rings. The van der Waals surface area contributed by atoms with Gasteiger partial charge in [0.15, 0.2) is 0 Å². The number of aryl methyl sites for hydroxylation is 1. The van der Waals surface area contributed by atoms with Gasteiger partial charge in [0.25, 0.3) is 0 Å². The molecule has 0 radical (unpaired) electrons. The molecule has 1 heterocycles. The van der Waals surface area contributed by atoms with Gasteiger partial charge in [-0.2, -0.15) is 0 Å². The Bertz CT molecular complexity index is 455. The van der Waals surface area contributed by atoms with Crippen LogP contribution in [0.2, 0.25) is 0 Å². The van der Waals surface area contributed by atoms with Gasteiger partial charge in [-0.3, -0.25) is 0 Å². The van der Waals surface area contributed by atoms with Crippen molar-refractivity contribution in [3.8, 4) is 0 Å². The van der Waals surface area contributed by atoms with Crippen molar-refractivity contribution in [2.45, 2.75) is 39.5 Å². The Morgan fingerprint density at radius 2 is 2.00 bits per heavy atom. The number of fused-ring (bicyclic) bond motifs is 1. The van der Waals surface area contributed by atoms with E-state index in [1.807, 2.05) is 5.51 Å². The standard InChI is InChI=1S/C13H17NS/c1-4-10(5-2)11-7-6-9(3)13-12(11)14-8-15-13/h6-8,10H,4-5H2,1-3H3. The van der Waals surface area contributed by atoms with Crippen molar-refractivity contribution in [3.05, 3.63) is 28.8 Å². The molecule has 2 rings (SSSR count). The molecule has 2 heteroatoms. The van der Waals surface area contributed by atoms with Crippen LogP contribution in [0.4, 0.5) is 0 Å². The first-order chi connectivity index (χ1) is 7.27. The fraction of sp³-hybridized carbons (Fsp3) is 0.462. The number of nitrogens with zero attached hydrogens (tertiary/aromatic N) is 1. The fourth-order valence-electron chi connectivity index (χ4n) is 2.16. The lowest BCUT2D eigenvalue weighted by Gasteiger charge is -2.13.